The SMILES string of the molecule is CC(C(=O)O)C1(C)CCC(O)C2OC21. The first-order chi connectivity index (χ1) is 6.47. The van der Waals surface area contributed by atoms with E-state index in [0.29, 0.717) is 6.42 Å². The summed E-state index contributed by atoms with van der Waals surface area (Å²) in [5.41, 5.74) is -0.310. The van der Waals surface area contributed by atoms with Crippen LogP contribution in [0.25, 0.3) is 0 Å². The lowest BCUT2D eigenvalue weighted by atomic mass is 9.67. The van der Waals surface area contributed by atoms with Crippen LogP contribution in [0.2, 0.25) is 0 Å². The predicted octanol–water partition coefficient (Wildman–Crippen LogP) is 0.635. The molecule has 0 radical (unpaired) electrons. The van der Waals surface area contributed by atoms with E-state index in [4.69, 9.17) is 9.84 Å². The number of fused-ring (bicyclic) bond motifs is 1. The topological polar surface area (TPSA) is 70.1 Å². The van der Waals surface area contributed by atoms with E-state index in [1.165, 1.54) is 0 Å². The third-order valence-electron chi connectivity index (χ3n) is 3.89. The van der Waals surface area contributed by atoms with Crippen LogP contribution in [0.3, 0.4) is 0 Å². The van der Waals surface area contributed by atoms with E-state index < -0.39 is 18.0 Å². The molecule has 0 spiro atoms. The van der Waals surface area contributed by atoms with Crippen molar-refractivity contribution in [2.24, 2.45) is 11.3 Å². The molecular formula is C10H16O4. The van der Waals surface area contributed by atoms with Crippen molar-refractivity contribution in [2.45, 2.75) is 45.0 Å². The van der Waals surface area contributed by atoms with Gasteiger partial charge in [-0.1, -0.05) is 13.8 Å². The molecule has 2 rings (SSSR count). The Morgan fingerprint density at radius 2 is 2.29 bits per heavy atom. The van der Waals surface area contributed by atoms with Crippen LogP contribution in [-0.4, -0.2) is 34.5 Å². The van der Waals surface area contributed by atoms with E-state index in [0.717, 1.165) is 6.42 Å². The molecule has 2 fully saturated rings. The van der Waals surface area contributed by atoms with Crippen LogP contribution in [0.5, 0.6) is 0 Å². The molecule has 0 aromatic heterocycles. The fourth-order valence-electron chi connectivity index (χ4n) is 2.46. The summed E-state index contributed by atoms with van der Waals surface area (Å²) < 4.78 is 5.36. The highest BCUT2D eigenvalue weighted by Gasteiger charge is 2.61. The van der Waals surface area contributed by atoms with E-state index in [1.54, 1.807) is 6.92 Å². The van der Waals surface area contributed by atoms with Crippen LogP contribution in [0.15, 0.2) is 0 Å². The molecular weight excluding hydrogens is 184 g/mol. The van der Waals surface area contributed by atoms with E-state index in [1.807, 2.05) is 6.92 Å². The lowest BCUT2D eigenvalue weighted by Gasteiger charge is -2.35. The van der Waals surface area contributed by atoms with Crippen molar-refractivity contribution in [3.05, 3.63) is 0 Å². The summed E-state index contributed by atoms with van der Waals surface area (Å²) in [6.07, 6.45) is 0.805. The number of epoxide rings is 1. The van der Waals surface area contributed by atoms with Crippen molar-refractivity contribution in [1.29, 1.82) is 0 Å². The average molecular weight is 200 g/mol. The van der Waals surface area contributed by atoms with Gasteiger partial charge in [-0.3, -0.25) is 4.79 Å². The number of carboxylic acid groups (broad SMARTS) is 1. The smallest absolute Gasteiger partial charge is 0.306 e. The van der Waals surface area contributed by atoms with Crippen LogP contribution >= 0.6 is 0 Å². The number of ether oxygens (including phenoxy) is 1. The first-order valence-corrected chi connectivity index (χ1v) is 5.03. The van der Waals surface area contributed by atoms with Crippen LogP contribution in [-0.2, 0) is 9.53 Å². The van der Waals surface area contributed by atoms with Crippen molar-refractivity contribution in [1.82, 2.24) is 0 Å². The predicted molar refractivity (Wildman–Crippen MR) is 48.8 cm³/mol. The molecule has 1 saturated carbocycles. The van der Waals surface area contributed by atoms with Gasteiger partial charge in [0.25, 0.3) is 0 Å². The number of aliphatic hydroxyl groups excluding tert-OH is 1. The van der Waals surface area contributed by atoms with Gasteiger partial charge in [0, 0.05) is 5.41 Å². The monoisotopic (exact) mass is 200 g/mol. The van der Waals surface area contributed by atoms with Crippen molar-refractivity contribution < 1.29 is 19.7 Å². The lowest BCUT2D eigenvalue weighted by molar-refractivity contribution is -0.146. The minimum absolute atomic E-state index is 0.0580. The van der Waals surface area contributed by atoms with Crippen molar-refractivity contribution in [2.75, 3.05) is 0 Å². The summed E-state index contributed by atoms with van der Waals surface area (Å²) in [5, 5.41) is 18.5. The molecule has 0 aromatic rings. The Labute approximate surface area is 82.9 Å². The molecule has 4 nitrogen and oxygen atoms in total. The van der Waals surface area contributed by atoms with E-state index in [2.05, 4.69) is 0 Å². The fourth-order valence-corrected chi connectivity index (χ4v) is 2.46. The Hall–Kier alpha value is -0.610. The number of carboxylic acids is 1. The molecule has 5 atom stereocenters. The Morgan fingerprint density at radius 1 is 1.64 bits per heavy atom. The molecule has 0 aromatic carbocycles. The molecule has 1 heterocycles. The van der Waals surface area contributed by atoms with Crippen LogP contribution < -0.4 is 0 Å². The van der Waals surface area contributed by atoms with Crippen molar-refractivity contribution in [3.63, 3.8) is 0 Å². The highest BCUT2D eigenvalue weighted by molar-refractivity contribution is 5.70. The maximum atomic E-state index is 10.9. The lowest BCUT2D eigenvalue weighted by Crippen LogP contribution is -2.42. The van der Waals surface area contributed by atoms with Crippen LogP contribution in [0.1, 0.15) is 26.7 Å². The first-order valence-electron chi connectivity index (χ1n) is 5.03. The molecule has 1 aliphatic heterocycles. The maximum absolute atomic E-state index is 10.9. The minimum Gasteiger partial charge on any atom is -0.481 e. The Bertz CT molecular complexity index is 265. The highest BCUT2D eigenvalue weighted by Crippen LogP contribution is 2.52. The average Bonchev–Trinajstić information content (AvgIpc) is 2.91. The largest absolute Gasteiger partial charge is 0.481 e. The van der Waals surface area contributed by atoms with Gasteiger partial charge in [0.15, 0.2) is 0 Å². The molecule has 2 N–H and O–H groups in total. The molecule has 1 aliphatic carbocycles. The van der Waals surface area contributed by atoms with Crippen LogP contribution in [0.4, 0.5) is 0 Å². The first kappa shape index (κ1) is 9.93. The second-order valence-electron chi connectivity index (χ2n) is 4.69. The van der Waals surface area contributed by atoms with Gasteiger partial charge >= 0.3 is 5.97 Å². The molecule has 4 heteroatoms. The zero-order valence-electron chi connectivity index (χ0n) is 8.43. The van der Waals surface area contributed by atoms with E-state index >= 15 is 0 Å². The summed E-state index contributed by atoms with van der Waals surface area (Å²) >= 11 is 0. The molecule has 80 valence electrons. The number of rotatable bonds is 2. The molecule has 5 unspecified atom stereocenters. The van der Waals surface area contributed by atoms with Gasteiger partial charge in [0.05, 0.1) is 18.1 Å². The van der Waals surface area contributed by atoms with Gasteiger partial charge in [-0.25, -0.2) is 0 Å². The van der Waals surface area contributed by atoms with Crippen molar-refractivity contribution in [3.8, 4) is 0 Å². The second-order valence-corrected chi connectivity index (χ2v) is 4.69. The normalized spacial score (nSPS) is 48.1. The molecule has 0 bridgehead atoms. The number of hydrogen-bond acceptors (Lipinski definition) is 3. The number of carbonyl (C=O) groups is 1. The third kappa shape index (κ3) is 1.25. The summed E-state index contributed by atoms with van der Waals surface area (Å²) in [5.74, 6) is -1.19. The van der Waals surface area contributed by atoms with Crippen LogP contribution in [0, 0.1) is 11.3 Å². The summed E-state index contributed by atoms with van der Waals surface area (Å²) in [4.78, 5) is 10.9. The fraction of sp³-hybridized carbons (Fsp3) is 0.900. The molecule has 14 heavy (non-hydrogen) atoms. The Kier molecular flexibility index (Phi) is 2.08. The minimum atomic E-state index is -0.780. The second kappa shape index (κ2) is 2.94. The van der Waals surface area contributed by atoms with Gasteiger partial charge in [0.1, 0.15) is 6.10 Å². The summed E-state index contributed by atoms with van der Waals surface area (Å²) in [7, 11) is 0. The van der Waals surface area contributed by atoms with E-state index in [-0.39, 0.29) is 17.6 Å². The Balaban J connectivity index is 2.14. The van der Waals surface area contributed by atoms with Gasteiger partial charge in [-0.05, 0) is 12.8 Å². The zero-order chi connectivity index (χ0) is 10.5. The quantitative estimate of drug-likeness (QED) is 0.641. The number of aliphatic carboxylic acids is 1. The maximum Gasteiger partial charge on any atom is 0.306 e. The van der Waals surface area contributed by atoms with Gasteiger partial charge in [-0.15, -0.1) is 0 Å². The van der Waals surface area contributed by atoms with Gasteiger partial charge in [0.2, 0.25) is 0 Å². The number of hydrogen-bond donors (Lipinski definition) is 2. The molecule has 1 saturated heterocycles. The zero-order valence-corrected chi connectivity index (χ0v) is 8.43. The highest BCUT2D eigenvalue weighted by atomic mass is 16.6. The summed E-state index contributed by atoms with van der Waals surface area (Å²) in [6, 6.07) is 0. The van der Waals surface area contributed by atoms with E-state index in [9.17, 15) is 9.90 Å². The Morgan fingerprint density at radius 3 is 2.86 bits per heavy atom. The van der Waals surface area contributed by atoms with Gasteiger partial charge < -0.3 is 14.9 Å². The number of aliphatic hydroxyl groups is 1. The third-order valence-corrected chi connectivity index (χ3v) is 3.89. The summed E-state index contributed by atoms with van der Waals surface area (Å²) in [6.45, 7) is 3.67. The standard InChI is InChI=1S/C10H16O4/c1-5(9(12)13)10(2)4-3-6(11)7-8(10)14-7/h5-8,11H,3-4H2,1-2H3,(H,12,13). The molecule has 0 amide bonds. The molecule has 2 aliphatic rings. The van der Waals surface area contributed by atoms with Gasteiger partial charge in [-0.2, -0.15) is 0 Å². The van der Waals surface area contributed by atoms with Crippen molar-refractivity contribution >= 4 is 5.97 Å².